The van der Waals surface area contributed by atoms with Gasteiger partial charge in [0.2, 0.25) is 0 Å². The molecule has 124 valence electrons. The first-order valence-corrected chi connectivity index (χ1v) is 8.29. The van der Waals surface area contributed by atoms with Crippen LogP contribution in [0.2, 0.25) is 0 Å². The van der Waals surface area contributed by atoms with Gasteiger partial charge in [0.15, 0.2) is 0 Å². The van der Waals surface area contributed by atoms with Gasteiger partial charge in [-0.1, -0.05) is 0 Å². The van der Waals surface area contributed by atoms with E-state index in [4.69, 9.17) is 0 Å². The monoisotopic (exact) mass is 317 g/mol. The molecule has 3 rings (SSSR count). The Morgan fingerprint density at radius 2 is 2.00 bits per heavy atom. The van der Waals surface area contributed by atoms with Crippen molar-refractivity contribution in [2.45, 2.75) is 38.6 Å². The molecule has 0 aromatic heterocycles. The van der Waals surface area contributed by atoms with E-state index >= 15 is 0 Å². The summed E-state index contributed by atoms with van der Waals surface area (Å²) in [5.41, 5.74) is 1.06. The molecule has 1 aliphatic carbocycles. The topological polar surface area (TPSA) is 66.7 Å². The fourth-order valence-corrected chi connectivity index (χ4v) is 3.31. The van der Waals surface area contributed by atoms with E-state index in [0.29, 0.717) is 17.2 Å². The fourth-order valence-electron chi connectivity index (χ4n) is 3.31. The molecule has 1 saturated heterocycles. The first-order chi connectivity index (χ1) is 11.0. The standard InChI is InChI=1S/C17H23N3O3/c1-12(13-5-6-13)18(2)17(21)14-7-8-15(16(11-14)20(22)23)19-9-3-4-10-19/h7-8,11-13H,3-6,9-10H2,1-2H3/t12-/m0/s1. The highest BCUT2D eigenvalue weighted by atomic mass is 16.6. The largest absolute Gasteiger partial charge is 0.366 e. The number of rotatable bonds is 5. The van der Waals surface area contributed by atoms with Crippen molar-refractivity contribution in [3.63, 3.8) is 0 Å². The van der Waals surface area contributed by atoms with E-state index in [1.54, 1.807) is 24.1 Å². The lowest BCUT2D eigenvalue weighted by Gasteiger charge is -2.25. The van der Waals surface area contributed by atoms with Crippen LogP contribution in [-0.4, -0.2) is 41.9 Å². The first-order valence-electron chi connectivity index (χ1n) is 8.29. The second kappa shape index (κ2) is 6.18. The number of hydrogen-bond donors (Lipinski definition) is 0. The minimum atomic E-state index is -0.380. The van der Waals surface area contributed by atoms with E-state index in [9.17, 15) is 14.9 Å². The summed E-state index contributed by atoms with van der Waals surface area (Å²) in [5.74, 6) is 0.434. The predicted octanol–water partition coefficient (Wildman–Crippen LogP) is 3.07. The molecule has 1 heterocycles. The van der Waals surface area contributed by atoms with Crippen LogP contribution in [0.5, 0.6) is 0 Å². The van der Waals surface area contributed by atoms with Crippen LogP contribution in [0.25, 0.3) is 0 Å². The van der Waals surface area contributed by atoms with Crippen LogP contribution in [0.15, 0.2) is 18.2 Å². The Kier molecular flexibility index (Phi) is 4.24. The van der Waals surface area contributed by atoms with Gasteiger partial charge in [0.05, 0.1) is 4.92 Å². The molecule has 0 N–H and O–H groups in total. The highest BCUT2D eigenvalue weighted by Crippen LogP contribution is 2.36. The Hall–Kier alpha value is -2.11. The summed E-state index contributed by atoms with van der Waals surface area (Å²) in [7, 11) is 1.78. The molecule has 0 spiro atoms. The summed E-state index contributed by atoms with van der Waals surface area (Å²) in [6.45, 7) is 3.72. The Bertz CT molecular complexity index is 622. The van der Waals surface area contributed by atoms with Crippen LogP contribution in [0.1, 0.15) is 43.0 Å². The zero-order chi connectivity index (χ0) is 16.6. The molecule has 23 heavy (non-hydrogen) atoms. The zero-order valence-electron chi connectivity index (χ0n) is 13.7. The maximum atomic E-state index is 12.6. The number of nitro benzene ring substituents is 1. The van der Waals surface area contributed by atoms with Crippen molar-refractivity contribution in [2.24, 2.45) is 5.92 Å². The number of benzene rings is 1. The van der Waals surface area contributed by atoms with E-state index < -0.39 is 0 Å². The van der Waals surface area contributed by atoms with Crippen molar-refractivity contribution in [1.82, 2.24) is 4.90 Å². The minimum Gasteiger partial charge on any atom is -0.366 e. The predicted molar refractivity (Wildman–Crippen MR) is 88.8 cm³/mol. The number of hydrogen-bond acceptors (Lipinski definition) is 4. The molecule has 1 amide bonds. The zero-order valence-corrected chi connectivity index (χ0v) is 13.7. The first kappa shape index (κ1) is 15.8. The van der Waals surface area contributed by atoms with Gasteiger partial charge in [-0.3, -0.25) is 14.9 Å². The lowest BCUT2D eigenvalue weighted by molar-refractivity contribution is -0.384. The summed E-state index contributed by atoms with van der Waals surface area (Å²) in [6, 6.07) is 5.07. The minimum absolute atomic E-state index is 0.0326. The molecular weight excluding hydrogens is 294 g/mol. The second-order valence-corrected chi connectivity index (χ2v) is 6.65. The Balaban J connectivity index is 1.86. The number of carbonyl (C=O) groups is 1. The summed E-state index contributed by atoms with van der Waals surface area (Å²) in [6.07, 6.45) is 4.43. The van der Waals surface area contributed by atoms with Crippen molar-refractivity contribution >= 4 is 17.3 Å². The van der Waals surface area contributed by atoms with Crippen LogP contribution in [0.3, 0.4) is 0 Å². The van der Waals surface area contributed by atoms with E-state index in [0.717, 1.165) is 38.8 Å². The van der Waals surface area contributed by atoms with Crippen molar-refractivity contribution in [3.05, 3.63) is 33.9 Å². The molecule has 6 heteroatoms. The number of carbonyl (C=O) groups excluding carboxylic acids is 1. The quantitative estimate of drug-likeness (QED) is 0.618. The molecule has 0 radical (unpaired) electrons. The maximum Gasteiger partial charge on any atom is 0.293 e. The van der Waals surface area contributed by atoms with Gasteiger partial charge in [0, 0.05) is 37.8 Å². The lowest BCUT2D eigenvalue weighted by atomic mass is 10.1. The summed E-state index contributed by atoms with van der Waals surface area (Å²) < 4.78 is 0. The van der Waals surface area contributed by atoms with Gasteiger partial charge >= 0.3 is 0 Å². The van der Waals surface area contributed by atoms with Gasteiger partial charge in [-0.25, -0.2) is 0 Å². The van der Waals surface area contributed by atoms with Gasteiger partial charge < -0.3 is 9.80 Å². The SMILES string of the molecule is C[C@@H](C1CC1)N(C)C(=O)c1ccc(N2CCCC2)c([N+](=O)[O-])c1. The summed E-state index contributed by atoms with van der Waals surface area (Å²) in [5, 5.41) is 11.4. The molecule has 2 aliphatic rings. The smallest absolute Gasteiger partial charge is 0.293 e. The van der Waals surface area contributed by atoms with Crippen LogP contribution >= 0.6 is 0 Å². The lowest BCUT2D eigenvalue weighted by Crippen LogP contribution is -2.36. The third kappa shape index (κ3) is 3.16. The molecule has 1 atom stereocenters. The number of nitrogens with zero attached hydrogens (tertiary/aromatic N) is 3. The van der Waals surface area contributed by atoms with Crippen molar-refractivity contribution < 1.29 is 9.72 Å². The molecule has 1 aliphatic heterocycles. The second-order valence-electron chi connectivity index (χ2n) is 6.65. The van der Waals surface area contributed by atoms with Crippen molar-refractivity contribution in [2.75, 3.05) is 25.0 Å². The van der Waals surface area contributed by atoms with Gasteiger partial charge in [-0.15, -0.1) is 0 Å². The van der Waals surface area contributed by atoms with Crippen LogP contribution in [0.4, 0.5) is 11.4 Å². The fraction of sp³-hybridized carbons (Fsp3) is 0.588. The van der Waals surface area contributed by atoms with Crippen LogP contribution in [-0.2, 0) is 0 Å². The number of anilines is 1. The molecule has 1 saturated carbocycles. The van der Waals surface area contributed by atoms with Gasteiger partial charge in [-0.2, -0.15) is 0 Å². The normalized spacial score (nSPS) is 18.8. The van der Waals surface area contributed by atoms with Gasteiger partial charge in [-0.05, 0) is 50.7 Å². The number of nitro groups is 1. The van der Waals surface area contributed by atoms with Gasteiger partial charge in [0.25, 0.3) is 11.6 Å². The molecule has 0 bridgehead atoms. The third-order valence-corrected chi connectivity index (χ3v) is 5.10. The van der Waals surface area contributed by atoms with Crippen molar-refractivity contribution in [1.29, 1.82) is 0 Å². The molecule has 1 aromatic rings. The van der Waals surface area contributed by atoms with E-state index in [-0.39, 0.29) is 22.6 Å². The van der Waals surface area contributed by atoms with E-state index in [1.807, 2.05) is 11.8 Å². The van der Waals surface area contributed by atoms with Crippen molar-refractivity contribution in [3.8, 4) is 0 Å². The van der Waals surface area contributed by atoms with Crippen LogP contribution in [0, 0.1) is 16.0 Å². The summed E-state index contributed by atoms with van der Waals surface area (Å²) >= 11 is 0. The van der Waals surface area contributed by atoms with E-state index in [2.05, 4.69) is 0 Å². The van der Waals surface area contributed by atoms with Gasteiger partial charge in [0.1, 0.15) is 5.69 Å². The highest BCUT2D eigenvalue weighted by molar-refractivity contribution is 5.96. The molecule has 0 unspecified atom stereocenters. The highest BCUT2D eigenvalue weighted by Gasteiger charge is 2.33. The average molecular weight is 317 g/mol. The Labute approximate surface area is 136 Å². The third-order valence-electron chi connectivity index (χ3n) is 5.10. The molecule has 6 nitrogen and oxygen atoms in total. The van der Waals surface area contributed by atoms with Crippen LogP contribution < -0.4 is 4.90 Å². The molecule has 2 fully saturated rings. The Morgan fingerprint density at radius 1 is 1.35 bits per heavy atom. The Morgan fingerprint density at radius 3 is 2.57 bits per heavy atom. The average Bonchev–Trinajstić information content (AvgIpc) is 3.26. The molecular formula is C17H23N3O3. The van der Waals surface area contributed by atoms with E-state index in [1.165, 1.54) is 6.07 Å². The molecule has 1 aromatic carbocycles. The maximum absolute atomic E-state index is 12.6. The summed E-state index contributed by atoms with van der Waals surface area (Å²) in [4.78, 5) is 27.4. The number of amides is 1.